The van der Waals surface area contributed by atoms with Gasteiger partial charge in [0, 0.05) is 19.2 Å². The Hall–Kier alpha value is -2.01. The number of rotatable bonds is 8. The molecule has 0 spiro atoms. The predicted octanol–water partition coefficient (Wildman–Crippen LogP) is 2.79. The van der Waals surface area contributed by atoms with Crippen LogP contribution in [0.1, 0.15) is 55.0 Å². The molecule has 5 heteroatoms. The first-order chi connectivity index (χ1) is 11.0. The molecule has 2 aromatic rings. The second-order valence-corrected chi connectivity index (χ2v) is 6.05. The molecule has 1 unspecified atom stereocenters. The summed E-state index contributed by atoms with van der Waals surface area (Å²) in [6, 6.07) is 6.10. The summed E-state index contributed by atoms with van der Waals surface area (Å²) < 4.78 is 1.81. The SMILES string of the molecule is CCn1cc(CCC(CC(C)=O)c2ccc(C)c(CO)c2)nn1. The molecule has 0 aliphatic rings. The maximum absolute atomic E-state index is 11.6. The summed E-state index contributed by atoms with van der Waals surface area (Å²) in [7, 11) is 0. The van der Waals surface area contributed by atoms with Gasteiger partial charge in [-0.1, -0.05) is 23.4 Å². The highest BCUT2D eigenvalue weighted by molar-refractivity contribution is 5.76. The zero-order valence-corrected chi connectivity index (χ0v) is 14.1. The van der Waals surface area contributed by atoms with Crippen molar-refractivity contribution in [2.24, 2.45) is 0 Å². The maximum Gasteiger partial charge on any atom is 0.130 e. The van der Waals surface area contributed by atoms with Gasteiger partial charge < -0.3 is 9.90 Å². The molecular formula is C18H25N3O2. The minimum atomic E-state index is 0.0251. The Morgan fingerprint density at radius 3 is 2.78 bits per heavy atom. The molecule has 1 atom stereocenters. The van der Waals surface area contributed by atoms with Gasteiger partial charge in [0.25, 0.3) is 0 Å². The van der Waals surface area contributed by atoms with Crippen molar-refractivity contribution in [3.05, 3.63) is 46.8 Å². The van der Waals surface area contributed by atoms with Crippen LogP contribution < -0.4 is 0 Å². The summed E-state index contributed by atoms with van der Waals surface area (Å²) in [6.45, 7) is 6.47. The molecule has 0 radical (unpaired) electrons. The summed E-state index contributed by atoms with van der Waals surface area (Å²) >= 11 is 0. The Kier molecular flexibility index (Phi) is 6.04. The van der Waals surface area contributed by atoms with E-state index in [-0.39, 0.29) is 18.3 Å². The molecule has 0 aliphatic heterocycles. The van der Waals surface area contributed by atoms with Gasteiger partial charge in [-0.05, 0) is 56.2 Å². The standard InChI is InChI=1S/C18H25N3O2/c1-4-21-11-18(19-20-21)8-7-15(9-14(3)23)16-6-5-13(2)17(10-16)12-22/h5-6,10-11,15,22H,4,7-9,12H2,1-3H3. The van der Waals surface area contributed by atoms with Crippen molar-refractivity contribution >= 4 is 5.78 Å². The van der Waals surface area contributed by atoms with Crippen molar-refractivity contribution in [2.75, 3.05) is 0 Å². The average molecular weight is 315 g/mol. The van der Waals surface area contributed by atoms with Gasteiger partial charge in [-0.3, -0.25) is 4.68 Å². The quantitative estimate of drug-likeness (QED) is 0.813. The zero-order valence-electron chi connectivity index (χ0n) is 14.1. The fraction of sp³-hybridized carbons (Fsp3) is 0.500. The number of nitrogens with zero attached hydrogens (tertiary/aromatic N) is 3. The zero-order chi connectivity index (χ0) is 16.8. The molecule has 1 N–H and O–H groups in total. The van der Waals surface area contributed by atoms with Crippen molar-refractivity contribution in [1.29, 1.82) is 0 Å². The van der Waals surface area contributed by atoms with Crippen molar-refractivity contribution in [3.8, 4) is 0 Å². The molecule has 0 saturated carbocycles. The lowest BCUT2D eigenvalue weighted by molar-refractivity contribution is -0.117. The first kappa shape index (κ1) is 17.3. The third kappa shape index (κ3) is 4.73. The summed E-state index contributed by atoms with van der Waals surface area (Å²) in [5, 5.41) is 17.7. The normalized spacial score (nSPS) is 12.3. The molecule has 1 heterocycles. The number of aliphatic hydroxyl groups is 1. The summed E-state index contributed by atoms with van der Waals surface area (Å²) in [4.78, 5) is 11.6. The second kappa shape index (κ2) is 8.02. The Balaban J connectivity index is 2.14. The number of carbonyl (C=O) groups excluding carboxylic acids is 1. The van der Waals surface area contributed by atoms with Crippen molar-refractivity contribution in [1.82, 2.24) is 15.0 Å². The van der Waals surface area contributed by atoms with Gasteiger partial charge in [-0.15, -0.1) is 5.10 Å². The first-order valence-corrected chi connectivity index (χ1v) is 8.12. The topological polar surface area (TPSA) is 68.0 Å². The minimum absolute atomic E-state index is 0.0251. The second-order valence-electron chi connectivity index (χ2n) is 6.05. The number of aliphatic hydroxyl groups excluding tert-OH is 1. The fourth-order valence-corrected chi connectivity index (χ4v) is 2.78. The number of aryl methyl sites for hydroxylation is 3. The van der Waals surface area contributed by atoms with E-state index in [1.54, 1.807) is 6.92 Å². The smallest absolute Gasteiger partial charge is 0.130 e. The van der Waals surface area contributed by atoms with Gasteiger partial charge >= 0.3 is 0 Å². The molecule has 0 aliphatic carbocycles. The van der Waals surface area contributed by atoms with Crippen LogP contribution in [0.15, 0.2) is 24.4 Å². The molecule has 0 amide bonds. The highest BCUT2D eigenvalue weighted by atomic mass is 16.3. The lowest BCUT2D eigenvalue weighted by Crippen LogP contribution is -2.07. The lowest BCUT2D eigenvalue weighted by atomic mass is 9.87. The first-order valence-electron chi connectivity index (χ1n) is 8.12. The van der Waals surface area contributed by atoms with Gasteiger partial charge in [0.15, 0.2) is 0 Å². The number of carbonyl (C=O) groups is 1. The van der Waals surface area contributed by atoms with Crippen LogP contribution in [0.25, 0.3) is 0 Å². The Bertz CT molecular complexity index is 664. The van der Waals surface area contributed by atoms with Crippen LogP contribution in [0.4, 0.5) is 0 Å². The minimum Gasteiger partial charge on any atom is -0.392 e. The molecule has 0 fully saturated rings. The van der Waals surface area contributed by atoms with Crippen LogP contribution in [0.3, 0.4) is 0 Å². The molecular weight excluding hydrogens is 290 g/mol. The molecule has 2 rings (SSSR count). The molecule has 0 saturated heterocycles. The summed E-state index contributed by atoms with van der Waals surface area (Å²) in [5.74, 6) is 0.323. The third-order valence-corrected chi connectivity index (χ3v) is 4.21. The number of Topliss-reactive ketones (excluding diaryl/α,β-unsaturated/α-hetero) is 1. The highest BCUT2D eigenvalue weighted by Gasteiger charge is 2.16. The van der Waals surface area contributed by atoms with Gasteiger partial charge in [0.2, 0.25) is 0 Å². The van der Waals surface area contributed by atoms with Gasteiger partial charge in [-0.25, -0.2) is 0 Å². The Labute approximate surface area is 137 Å². The molecule has 0 bridgehead atoms. The van der Waals surface area contributed by atoms with Crippen LogP contribution in [0, 0.1) is 6.92 Å². The monoisotopic (exact) mass is 315 g/mol. The molecule has 124 valence electrons. The van der Waals surface area contributed by atoms with Crippen molar-refractivity contribution in [3.63, 3.8) is 0 Å². The van der Waals surface area contributed by atoms with E-state index in [1.165, 1.54) is 0 Å². The van der Waals surface area contributed by atoms with E-state index < -0.39 is 0 Å². The predicted molar refractivity (Wildman–Crippen MR) is 89.2 cm³/mol. The van der Waals surface area contributed by atoms with Crippen LogP contribution in [0.2, 0.25) is 0 Å². The number of benzene rings is 1. The lowest BCUT2D eigenvalue weighted by Gasteiger charge is -2.17. The van der Waals surface area contributed by atoms with E-state index in [0.717, 1.165) is 41.8 Å². The van der Waals surface area contributed by atoms with Gasteiger partial charge in [0.05, 0.1) is 12.3 Å². The van der Waals surface area contributed by atoms with Crippen LogP contribution in [0.5, 0.6) is 0 Å². The largest absolute Gasteiger partial charge is 0.392 e. The van der Waals surface area contributed by atoms with Gasteiger partial charge in [-0.2, -0.15) is 0 Å². The van der Waals surface area contributed by atoms with E-state index in [0.29, 0.717) is 6.42 Å². The Morgan fingerprint density at radius 2 is 2.17 bits per heavy atom. The van der Waals surface area contributed by atoms with Crippen LogP contribution in [-0.2, 0) is 24.4 Å². The number of aromatic nitrogens is 3. The highest BCUT2D eigenvalue weighted by Crippen LogP contribution is 2.27. The number of hydrogen-bond donors (Lipinski definition) is 1. The Morgan fingerprint density at radius 1 is 1.39 bits per heavy atom. The fourth-order valence-electron chi connectivity index (χ4n) is 2.78. The van der Waals surface area contributed by atoms with E-state index in [2.05, 4.69) is 16.4 Å². The van der Waals surface area contributed by atoms with Crippen LogP contribution in [-0.4, -0.2) is 25.9 Å². The number of ketones is 1. The molecule has 1 aromatic carbocycles. The van der Waals surface area contributed by atoms with E-state index >= 15 is 0 Å². The summed E-state index contributed by atoms with van der Waals surface area (Å²) in [6.07, 6.45) is 4.10. The van der Waals surface area contributed by atoms with Gasteiger partial charge in [0.1, 0.15) is 5.78 Å². The van der Waals surface area contributed by atoms with Crippen molar-refractivity contribution in [2.45, 2.75) is 59.1 Å². The van der Waals surface area contributed by atoms with Crippen molar-refractivity contribution < 1.29 is 9.90 Å². The molecule has 1 aromatic heterocycles. The van der Waals surface area contributed by atoms with E-state index in [4.69, 9.17) is 0 Å². The molecule has 23 heavy (non-hydrogen) atoms. The molecule has 5 nitrogen and oxygen atoms in total. The third-order valence-electron chi connectivity index (χ3n) is 4.21. The van der Waals surface area contributed by atoms with E-state index in [9.17, 15) is 9.90 Å². The van der Waals surface area contributed by atoms with E-state index in [1.807, 2.05) is 36.9 Å². The maximum atomic E-state index is 11.6. The summed E-state index contributed by atoms with van der Waals surface area (Å²) in [5.41, 5.74) is 4.06. The number of hydrogen-bond acceptors (Lipinski definition) is 4. The van der Waals surface area contributed by atoms with Crippen LogP contribution >= 0.6 is 0 Å². The average Bonchev–Trinajstić information content (AvgIpc) is 2.99.